The van der Waals surface area contributed by atoms with E-state index in [1.807, 2.05) is 6.08 Å². The Bertz CT molecular complexity index is 288. The number of carboxylic acid groups (broad SMARTS) is 1. The van der Waals surface area contributed by atoms with E-state index in [0.717, 1.165) is 6.42 Å². The first-order chi connectivity index (χ1) is 7.42. The van der Waals surface area contributed by atoms with Crippen LogP contribution in [0.2, 0.25) is 0 Å². The molecule has 0 fully saturated rings. The van der Waals surface area contributed by atoms with Crippen LogP contribution in [0.1, 0.15) is 26.7 Å². The number of nitrogens with zero attached hydrogens (tertiary/aromatic N) is 1. The summed E-state index contributed by atoms with van der Waals surface area (Å²) in [6, 6.07) is 0. The molecule has 0 bridgehead atoms. The molecule has 4 N–H and O–H groups in total. The van der Waals surface area contributed by atoms with Gasteiger partial charge in [0.15, 0.2) is 0 Å². The largest absolute Gasteiger partial charge is 0.480 e. The lowest BCUT2D eigenvalue weighted by Gasteiger charge is -2.20. The van der Waals surface area contributed by atoms with Crippen molar-refractivity contribution in [2.45, 2.75) is 32.2 Å². The Kier molecular flexibility index (Phi) is 6.76. The van der Waals surface area contributed by atoms with Gasteiger partial charge in [-0.1, -0.05) is 12.2 Å². The molecule has 0 aliphatic rings. The molecule has 92 valence electrons. The average Bonchev–Trinajstić information content (AvgIpc) is 2.22. The molecule has 0 aliphatic heterocycles. The van der Waals surface area contributed by atoms with Crippen LogP contribution >= 0.6 is 11.8 Å². The highest BCUT2D eigenvalue weighted by Gasteiger charge is 2.30. The number of halogens is 1. The topological polar surface area (TPSA) is 87.7 Å². The van der Waals surface area contributed by atoms with Crippen molar-refractivity contribution in [3.63, 3.8) is 0 Å². The van der Waals surface area contributed by atoms with Gasteiger partial charge in [-0.15, -0.1) is 0 Å². The number of carboxylic acids is 1. The molecule has 5 nitrogen and oxygen atoms in total. The first-order valence-electron chi connectivity index (χ1n) is 4.95. The predicted octanol–water partition coefficient (Wildman–Crippen LogP) is 1.29. The number of aliphatic imine (C=N–C) groups is 1. The third kappa shape index (κ3) is 5.72. The predicted molar refractivity (Wildman–Crippen MR) is 65.6 cm³/mol. The Hall–Kier alpha value is -1.07. The molecule has 0 radical (unpaired) electrons. The summed E-state index contributed by atoms with van der Waals surface area (Å²) in [5, 5.41) is 8.89. The van der Waals surface area contributed by atoms with E-state index in [1.165, 1.54) is 6.92 Å². The van der Waals surface area contributed by atoms with E-state index < -0.39 is 11.5 Å². The highest BCUT2D eigenvalue weighted by atomic mass is 35.5. The molecular weight excluding hydrogens is 230 g/mol. The van der Waals surface area contributed by atoms with Crippen LogP contribution in [0.15, 0.2) is 17.1 Å². The van der Waals surface area contributed by atoms with E-state index >= 15 is 0 Å². The number of amidine groups is 1. The molecule has 0 saturated heterocycles. The molecule has 16 heavy (non-hydrogen) atoms. The van der Waals surface area contributed by atoms with Gasteiger partial charge in [0, 0.05) is 6.54 Å². The van der Waals surface area contributed by atoms with Crippen molar-refractivity contribution in [2.75, 3.05) is 6.54 Å². The van der Waals surface area contributed by atoms with Gasteiger partial charge < -0.3 is 10.8 Å². The molecular formula is C10H18ClN3O2. The van der Waals surface area contributed by atoms with Crippen LogP contribution in [0, 0.1) is 0 Å². The van der Waals surface area contributed by atoms with E-state index in [0.29, 0.717) is 18.8 Å². The van der Waals surface area contributed by atoms with Crippen LogP contribution in [-0.2, 0) is 4.79 Å². The molecule has 1 unspecified atom stereocenters. The molecule has 0 rings (SSSR count). The first-order valence-corrected chi connectivity index (χ1v) is 5.33. The molecule has 0 aliphatic carbocycles. The minimum atomic E-state index is -1.13. The Labute approximate surface area is 100 Å². The summed E-state index contributed by atoms with van der Waals surface area (Å²) in [4.78, 5) is 17.1. The van der Waals surface area contributed by atoms with Crippen molar-refractivity contribution >= 4 is 23.6 Å². The van der Waals surface area contributed by atoms with E-state index in [9.17, 15) is 4.79 Å². The minimum absolute atomic E-state index is 0.317. The monoisotopic (exact) mass is 247 g/mol. The standard InChI is InChI=1S/C10H18ClN3O2/c1-8(12)13-7-5-3-4-6-10(2,14-11)9(15)16/h3-4,14H,5-7H2,1-2H3,(H2,12,13)(H,15,16). The first kappa shape index (κ1) is 14.9. The summed E-state index contributed by atoms with van der Waals surface area (Å²) in [5.74, 6) is -0.436. The third-order valence-electron chi connectivity index (χ3n) is 2.03. The number of rotatable bonds is 7. The summed E-state index contributed by atoms with van der Waals surface area (Å²) >= 11 is 5.38. The maximum absolute atomic E-state index is 10.8. The summed E-state index contributed by atoms with van der Waals surface area (Å²) in [5.41, 5.74) is 4.22. The Morgan fingerprint density at radius 1 is 1.62 bits per heavy atom. The van der Waals surface area contributed by atoms with Crippen molar-refractivity contribution in [3.05, 3.63) is 12.2 Å². The maximum atomic E-state index is 10.8. The second kappa shape index (κ2) is 7.24. The van der Waals surface area contributed by atoms with Crippen molar-refractivity contribution in [1.29, 1.82) is 0 Å². The summed E-state index contributed by atoms with van der Waals surface area (Å²) in [6.45, 7) is 3.86. The summed E-state index contributed by atoms with van der Waals surface area (Å²) in [6.07, 6.45) is 4.68. The molecule has 0 amide bonds. The highest BCUT2D eigenvalue weighted by molar-refractivity contribution is 6.15. The molecule has 0 heterocycles. The third-order valence-corrected chi connectivity index (χ3v) is 2.45. The maximum Gasteiger partial charge on any atom is 0.325 e. The second-order valence-electron chi connectivity index (χ2n) is 3.72. The summed E-state index contributed by atoms with van der Waals surface area (Å²) < 4.78 is 0. The van der Waals surface area contributed by atoms with Crippen LogP contribution in [-0.4, -0.2) is 29.0 Å². The molecule has 0 aromatic rings. The molecule has 0 aromatic carbocycles. The van der Waals surface area contributed by atoms with Gasteiger partial charge in [-0.2, -0.15) is 0 Å². The summed E-state index contributed by atoms with van der Waals surface area (Å²) in [7, 11) is 0. The van der Waals surface area contributed by atoms with Gasteiger partial charge >= 0.3 is 5.97 Å². The Morgan fingerprint density at radius 3 is 2.69 bits per heavy atom. The second-order valence-corrected chi connectivity index (χ2v) is 3.91. The molecule has 0 aromatic heterocycles. The fraction of sp³-hybridized carbons (Fsp3) is 0.600. The number of nitrogens with one attached hydrogen (secondary N) is 1. The number of hydrogen-bond donors (Lipinski definition) is 3. The van der Waals surface area contributed by atoms with Gasteiger partial charge in [0.05, 0.1) is 5.84 Å². The Morgan fingerprint density at radius 2 is 2.25 bits per heavy atom. The lowest BCUT2D eigenvalue weighted by atomic mass is 9.99. The number of hydrogen-bond acceptors (Lipinski definition) is 3. The smallest absolute Gasteiger partial charge is 0.325 e. The number of nitrogens with two attached hydrogens (primary N) is 1. The van der Waals surface area contributed by atoms with Crippen molar-refractivity contribution < 1.29 is 9.90 Å². The zero-order valence-electron chi connectivity index (χ0n) is 9.53. The van der Waals surface area contributed by atoms with E-state index in [-0.39, 0.29) is 0 Å². The van der Waals surface area contributed by atoms with Crippen LogP contribution in [0.5, 0.6) is 0 Å². The van der Waals surface area contributed by atoms with Crippen molar-refractivity contribution in [2.24, 2.45) is 10.7 Å². The zero-order chi connectivity index (χ0) is 12.6. The van der Waals surface area contributed by atoms with Crippen LogP contribution in [0.3, 0.4) is 0 Å². The van der Waals surface area contributed by atoms with Crippen LogP contribution in [0.4, 0.5) is 0 Å². The quantitative estimate of drug-likeness (QED) is 0.208. The lowest BCUT2D eigenvalue weighted by molar-refractivity contribution is -0.143. The number of carbonyl (C=O) groups is 1. The van der Waals surface area contributed by atoms with E-state index in [1.54, 1.807) is 13.0 Å². The lowest BCUT2D eigenvalue weighted by Crippen LogP contribution is -2.44. The van der Waals surface area contributed by atoms with Crippen LogP contribution < -0.4 is 10.6 Å². The van der Waals surface area contributed by atoms with E-state index in [2.05, 4.69) is 9.83 Å². The van der Waals surface area contributed by atoms with Crippen molar-refractivity contribution in [3.8, 4) is 0 Å². The average molecular weight is 248 g/mol. The highest BCUT2D eigenvalue weighted by Crippen LogP contribution is 2.11. The van der Waals surface area contributed by atoms with Gasteiger partial charge in [-0.25, -0.2) is 4.84 Å². The Balaban J connectivity index is 3.99. The molecule has 0 spiro atoms. The van der Waals surface area contributed by atoms with Gasteiger partial charge in [0.2, 0.25) is 0 Å². The number of aliphatic carboxylic acids is 1. The molecule has 6 heteroatoms. The van der Waals surface area contributed by atoms with Gasteiger partial charge in [0.1, 0.15) is 5.54 Å². The normalized spacial score (nSPS) is 16.3. The SMILES string of the molecule is CC(N)=NCCC=CCC(C)(NCl)C(=O)O. The van der Waals surface area contributed by atoms with Gasteiger partial charge in [-0.05, 0) is 38.5 Å². The molecule has 0 saturated carbocycles. The fourth-order valence-corrected chi connectivity index (χ4v) is 1.08. The van der Waals surface area contributed by atoms with Crippen molar-refractivity contribution in [1.82, 2.24) is 4.84 Å². The minimum Gasteiger partial charge on any atom is -0.480 e. The van der Waals surface area contributed by atoms with Gasteiger partial charge in [-0.3, -0.25) is 9.79 Å². The van der Waals surface area contributed by atoms with Gasteiger partial charge in [0.25, 0.3) is 0 Å². The molecule has 1 atom stereocenters. The van der Waals surface area contributed by atoms with Crippen LogP contribution in [0.25, 0.3) is 0 Å². The van der Waals surface area contributed by atoms with E-state index in [4.69, 9.17) is 22.6 Å². The zero-order valence-corrected chi connectivity index (χ0v) is 10.3. The fourth-order valence-electron chi connectivity index (χ4n) is 0.919.